The van der Waals surface area contributed by atoms with Crippen LogP contribution in [0, 0.1) is 20.8 Å². The van der Waals surface area contributed by atoms with E-state index in [9.17, 15) is 9.59 Å². The van der Waals surface area contributed by atoms with Crippen LogP contribution in [0.3, 0.4) is 0 Å². The maximum Gasteiger partial charge on any atom is 0.513 e. The fraction of sp³-hybridized carbons (Fsp3) is 0.630. The average molecular weight is 518 g/mol. The third-order valence-corrected chi connectivity index (χ3v) is 7.53. The van der Waals surface area contributed by atoms with E-state index in [1.165, 1.54) is 5.06 Å². The van der Waals surface area contributed by atoms with Crippen molar-refractivity contribution in [2.24, 2.45) is 0 Å². The van der Waals surface area contributed by atoms with Gasteiger partial charge in [0.25, 0.3) is 5.91 Å². The molecule has 0 N–H and O–H groups in total. The Hall–Kier alpha value is -2.50. The second-order valence-electron chi connectivity index (χ2n) is 9.92. The minimum absolute atomic E-state index is 0.167. The van der Waals surface area contributed by atoms with Gasteiger partial charge in [-0.15, -0.1) is 0 Å². The summed E-state index contributed by atoms with van der Waals surface area (Å²) in [6.45, 7) is 10.4. The van der Waals surface area contributed by atoms with Gasteiger partial charge >= 0.3 is 6.16 Å². The van der Waals surface area contributed by atoms with Crippen molar-refractivity contribution in [2.45, 2.75) is 65.0 Å². The maximum absolute atomic E-state index is 14.3. The Morgan fingerprint density at radius 2 is 1.54 bits per heavy atom. The molecule has 10 nitrogen and oxygen atoms in total. The van der Waals surface area contributed by atoms with Crippen molar-refractivity contribution in [2.75, 3.05) is 47.0 Å². The Morgan fingerprint density at radius 1 is 0.973 bits per heavy atom. The molecular formula is C27H39N3O7. The number of carbonyl (C=O) groups is 2. The molecule has 1 aromatic carbocycles. The zero-order valence-electron chi connectivity index (χ0n) is 22.8. The van der Waals surface area contributed by atoms with Gasteiger partial charge < -0.3 is 19.1 Å². The molecule has 3 heterocycles. The normalized spacial score (nSPS) is 21.2. The van der Waals surface area contributed by atoms with Gasteiger partial charge in [0.2, 0.25) is 0 Å². The lowest BCUT2D eigenvalue weighted by Crippen LogP contribution is -2.56. The van der Waals surface area contributed by atoms with E-state index in [1.807, 2.05) is 43.0 Å². The van der Waals surface area contributed by atoms with Gasteiger partial charge in [-0.1, -0.05) is 17.7 Å². The third kappa shape index (κ3) is 5.39. The van der Waals surface area contributed by atoms with Crippen LogP contribution in [0.15, 0.2) is 17.9 Å². The predicted molar refractivity (Wildman–Crippen MR) is 136 cm³/mol. The topological polar surface area (TPSA) is 90.0 Å². The Kier molecular flexibility index (Phi) is 8.55. The standard InChI is InChI=1S/C27H39N3O7/c1-7-35-26(32)36-24-23(22-19(3)16-18(2)17-20(22)4)25(31)30(27(24)10-14-29(34-6)15-11-27)37-21-8-12-28(33-5)13-9-21/h16-17,21H,7-15H2,1-6H3. The number of piperidine rings is 2. The molecule has 2 fully saturated rings. The first kappa shape index (κ1) is 27.5. The molecule has 0 unspecified atom stereocenters. The number of rotatable bonds is 7. The van der Waals surface area contributed by atoms with Crippen molar-refractivity contribution in [3.63, 3.8) is 0 Å². The van der Waals surface area contributed by atoms with Gasteiger partial charge in [-0.3, -0.25) is 9.63 Å². The monoisotopic (exact) mass is 517 g/mol. The number of ether oxygens (including phenoxy) is 2. The van der Waals surface area contributed by atoms with Crippen LogP contribution in [-0.2, 0) is 28.8 Å². The van der Waals surface area contributed by atoms with E-state index in [1.54, 1.807) is 21.1 Å². The van der Waals surface area contributed by atoms with Gasteiger partial charge in [0, 0.05) is 26.2 Å². The summed E-state index contributed by atoms with van der Waals surface area (Å²) in [6, 6.07) is 4.07. The highest BCUT2D eigenvalue weighted by molar-refractivity contribution is 6.23. The summed E-state index contributed by atoms with van der Waals surface area (Å²) >= 11 is 0. The highest BCUT2D eigenvalue weighted by Crippen LogP contribution is 2.49. The van der Waals surface area contributed by atoms with E-state index in [4.69, 9.17) is 24.0 Å². The van der Waals surface area contributed by atoms with Crippen LogP contribution < -0.4 is 0 Å². The van der Waals surface area contributed by atoms with E-state index in [-0.39, 0.29) is 18.6 Å². The van der Waals surface area contributed by atoms with Crippen LogP contribution in [0.4, 0.5) is 4.79 Å². The summed E-state index contributed by atoms with van der Waals surface area (Å²) in [5.74, 6) is 0.00507. The van der Waals surface area contributed by atoms with Crippen LogP contribution in [-0.4, -0.2) is 85.9 Å². The van der Waals surface area contributed by atoms with Crippen LogP contribution in [0.2, 0.25) is 0 Å². The molecular weight excluding hydrogens is 478 g/mol. The van der Waals surface area contributed by atoms with Crippen molar-refractivity contribution in [1.29, 1.82) is 0 Å². The van der Waals surface area contributed by atoms with E-state index in [2.05, 4.69) is 0 Å². The molecule has 2 saturated heterocycles. The molecule has 37 heavy (non-hydrogen) atoms. The van der Waals surface area contributed by atoms with E-state index in [0.29, 0.717) is 63.2 Å². The molecule has 4 rings (SSSR count). The Balaban J connectivity index is 1.81. The van der Waals surface area contributed by atoms with Crippen molar-refractivity contribution in [1.82, 2.24) is 15.2 Å². The smallest absolute Gasteiger partial charge is 0.434 e. The Labute approximate surface area is 218 Å². The van der Waals surface area contributed by atoms with Gasteiger partial charge in [0.15, 0.2) is 5.76 Å². The van der Waals surface area contributed by atoms with Gasteiger partial charge in [0.1, 0.15) is 5.54 Å². The minimum atomic E-state index is -0.962. The number of nitrogens with zero attached hydrogens (tertiary/aromatic N) is 3. The number of carbonyl (C=O) groups excluding carboxylic acids is 2. The lowest BCUT2D eigenvalue weighted by atomic mass is 9.84. The van der Waals surface area contributed by atoms with Crippen molar-refractivity contribution in [3.8, 4) is 0 Å². The number of hydroxylamine groups is 6. The molecule has 0 aliphatic carbocycles. The summed E-state index contributed by atoms with van der Waals surface area (Å²) in [5, 5.41) is 5.22. The molecule has 0 aromatic heterocycles. The van der Waals surface area contributed by atoms with E-state index < -0.39 is 11.7 Å². The van der Waals surface area contributed by atoms with Gasteiger partial charge in [-0.05, 0) is 70.1 Å². The second-order valence-corrected chi connectivity index (χ2v) is 9.92. The van der Waals surface area contributed by atoms with E-state index >= 15 is 0 Å². The summed E-state index contributed by atoms with van der Waals surface area (Å²) in [7, 11) is 3.29. The largest absolute Gasteiger partial charge is 0.513 e. The van der Waals surface area contributed by atoms with Crippen LogP contribution in [0.5, 0.6) is 0 Å². The SMILES string of the molecule is CCOC(=O)OC1=C(c2c(C)cc(C)cc2C)C(=O)N(OC2CCN(OC)CC2)C12CCN(OC)CC2. The molecule has 3 aliphatic rings. The summed E-state index contributed by atoms with van der Waals surface area (Å²) in [5.41, 5.74) is 3.14. The first-order chi connectivity index (χ1) is 17.7. The van der Waals surface area contributed by atoms with Crippen molar-refractivity contribution in [3.05, 3.63) is 40.1 Å². The number of hydrogen-bond donors (Lipinski definition) is 0. The number of amides is 1. The van der Waals surface area contributed by atoms with Crippen LogP contribution in [0.25, 0.3) is 5.57 Å². The Morgan fingerprint density at radius 3 is 2.08 bits per heavy atom. The fourth-order valence-electron chi connectivity index (χ4n) is 5.78. The third-order valence-electron chi connectivity index (χ3n) is 7.53. The summed E-state index contributed by atoms with van der Waals surface area (Å²) in [4.78, 5) is 44.4. The first-order valence-electron chi connectivity index (χ1n) is 13.0. The Bertz CT molecular complexity index is 1020. The second kappa shape index (κ2) is 11.5. The van der Waals surface area contributed by atoms with Crippen LogP contribution in [0.1, 0.15) is 54.9 Å². The fourth-order valence-corrected chi connectivity index (χ4v) is 5.78. The first-order valence-corrected chi connectivity index (χ1v) is 13.0. The molecule has 10 heteroatoms. The van der Waals surface area contributed by atoms with Gasteiger partial charge in [-0.2, -0.15) is 10.1 Å². The number of hydrogen-bond acceptors (Lipinski definition) is 9. The van der Waals surface area contributed by atoms with Crippen molar-refractivity contribution < 1.29 is 33.6 Å². The molecule has 1 amide bonds. The number of aryl methyl sites for hydroxylation is 3. The average Bonchev–Trinajstić information content (AvgIpc) is 3.07. The van der Waals surface area contributed by atoms with E-state index in [0.717, 1.165) is 22.3 Å². The maximum atomic E-state index is 14.3. The van der Waals surface area contributed by atoms with Crippen molar-refractivity contribution >= 4 is 17.6 Å². The molecule has 1 spiro atoms. The molecule has 0 atom stereocenters. The lowest BCUT2D eigenvalue weighted by molar-refractivity contribution is -0.264. The summed E-state index contributed by atoms with van der Waals surface area (Å²) < 4.78 is 11.1. The molecule has 0 saturated carbocycles. The zero-order valence-corrected chi connectivity index (χ0v) is 22.8. The lowest BCUT2D eigenvalue weighted by Gasteiger charge is -2.45. The predicted octanol–water partition coefficient (Wildman–Crippen LogP) is 3.69. The minimum Gasteiger partial charge on any atom is -0.434 e. The number of benzene rings is 1. The highest BCUT2D eigenvalue weighted by atomic mass is 16.7. The zero-order chi connectivity index (χ0) is 26.7. The van der Waals surface area contributed by atoms with Crippen LogP contribution >= 0.6 is 0 Å². The molecule has 0 bridgehead atoms. The summed E-state index contributed by atoms with van der Waals surface area (Å²) in [6.07, 6.45) is 1.38. The van der Waals surface area contributed by atoms with Gasteiger partial charge in [0.05, 0.1) is 32.5 Å². The molecule has 204 valence electrons. The molecule has 0 radical (unpaired) electrons. The molecule has 3 aliphatic heterocycles. The van der Waals surface area contributed by atoms with Gasteiger partial charge in [-0.25, -0.2) is 9.86 Å². The quantitative estimate of drug-likeness (QED) is 0.502. The highest BCUT2D eigenvalue weighted by Gasteiger charge is 2.58. The molecule has 1 aromatic rings.